The predicted octanol–water partition coefficient (Wildman–Crippen LogP) is 3.18. The van der Waals surface area contributed by atoms with E-state index < -0.39 is 36.0 Å². The van der Waals surface area contributed by atoms with Crippen LogP contribution in [0.3, 0.4) is 0 Å². The van der Waals surface area contributed by atoms with Crippen LogP contribution in [0.2, 0.25) is 0 Å². The third-order valence-corrected chi connectivity index (χ3v) is 4.32. The lowest BCUT2D eigenvalue weighted by Crippen LogP contribution is -2.36. The van der Waals surface area contributed by atoms with Gasteiger partial charge >= 0.3 is 5.97 Å². The van der Waals surface area contributed by atoms with Crippen molar-refractivity contribution < 1.29 is 23.5 Å². The molecule has 3 rings (SSSR count). The zero-order chi connectivity index (χ0) is 18.0. The maximum atomic E-state index is 13.9. The van der Waals surface area contributed by atoms with Crippen LogP contribution in [0.15, 0.2) is 48.5 Å². The molecule has 0 radical (unpaired) electrons. The van der Waals surface area contributed by atoms with E-state index in [-0.39, 0.29) is 18.0 Å². The molecule has 1 aliphatic carbocycles. The predicted molar refractivity (Wildman–Crippen MR) is 86.7 cm³/mol. The van der Waals surface area contributed by atoms with Gasteiger partial charge in [-0.2, -0.15) is 0 Å². The van der Waals surface area contributed by atoms with Crippen molar-refractivity contribution in [3.05, 3.63) is 71.3 Å². The molecule has 25 heavy (non-hydrogen) atoms. The third-order valence-electron chi connectivity index (χ3n) is 4.32. The Balaban J connectivity index is 1.75. The minimum atomic E-state index is -1.11. The molecule has 0 saturated heterocycles. The van der Waals surface area contributed by atoms with Crippen molar-refractivity contribution in [3.63, 3.8) is 0 Å². The monoisotopic (exact) mass is 345 g/mol. The van der Waals surface area contributed by atoms with E-state index in [9.17, 15) is 18.4 Å². The Hall–Kier alpha value is -2.76. The number of carboxylic acid groups (broad SMARTS) is 1. The zero-order valence-electron chi connectivity index (χ0n) is 13.4. The SMILES string of the molecule is O=C(O)CN(Cc1ccccc1)C(=O)C1CC1c1cc(F)ccc1F. The summed E-state index contributed by atoms with van der Waals surface area (Å²) in [4.78, 5) is 25.0. The van der Waals surface area contributed by atoms with Crippen LogP contribution in [-0.4, -0.2) is 28.4 Å². The number of carbonyl (C=O) groups is 2. The first kappa shape index (κ1) is 17.1. The van der Waals surface area contributed by atoms with E-state index >= 15 is 0 Å². The van der Waals surface area contributed by atoms with E-state index in [2.05, 4.69) is 0 Å². The van der Waals surface area contributed by atoms with Crippen molar-refractivity contribution in [1.29, 1.82) is 0 Å². The summed E-state index contributed by atoms with van der Waals surface area (Å²) in [5.41, 5.74) is 0.986. The van der Waals surface area contributed by atoms with Gasteiger partial charge in [0.2, 0.25) is 5.91 Å². The molecule has 1 N–H and O–H groups in total. The summed E-state index contributed by atoms with van der Waals surface area (Å²) in [6.07, 6.45) is 0.393. The number of amides is 1. The average Bonchev–Trinajstić information content (AvgIpc) is 3.37. The lowest BCUT2D eigenvalue weighted by atomic mass is 10.1. The maximum Gasteiger partial charge on any atom is 0.323 e. The van der Waals surface area contributed by atoms with E-state index in [4.69, 9.17) is 5.11 Å². The van der Waals surface area contributed by atoms with Crippen molar-refractivity contribution in [2.24, 2.45) is 5.92 Å². The van der Waals surface area contributed by atoms with E-state index in [1.807, 2.05) is 6.07 Å². The molecule has 1 saturated carbocycles. The van der Waals surface area contributed by atoms with Gasteiger partial charge in [0.15, 0.2) is 0 Å². The number of halogens is 2. The number of hydrogen-bond donors (Lipinski definition) is 1. The van der Waals surface area contributed by atoms with Crippen molar-refractivity contribution in [2.75, 3.05) is 6.54 Å². The second-order valence-electron chi connectivity index (χ2n) is 6.19. The summed E-state index contributed by atoms with van der Waals surface area (Å²) < 4.78 is 27.2. The van der Waals surface area contributed by atoms with Crippen LogP contribution < -0.4 is 0 Å². The molecule has 0 aliphatic heterocycles. The second-order valence-corrected chi connectivity index (χ2v) is 6.19. The highest BCUT2D eigenvalue weighted by atomic mass is 19.1. The molecule has 0 bridgehead atoms. The highest BCUT2D eigenvalue weighted by Gasteiger charge is 2.47. The molecule has 0 aromatic heterocycles. The minimum Gasteiger partial charge on any atom is -0.480 e. The Morgan fingerprint density at radius 2 is 1.84 bits per heavy atom. The highest BCUT2D eigenvalue weighted by Crippen LogP contribution is 2.49. The molecule has 1 aliphatic rings. The fourth-order valence-corrected chi connectivity index (χ4v) is 3.02. The Kier molecular flexibility index (Phi) is 4.79. The quantitative estimate of drug-likeness (QED) is 0.875. The second kappa shape index (κ2) is 7.01. The van der Waals surface area contributed by atoms with Crippen molar-refractivity contribution >= 4 is 11.9 Å². The molecular weight excluding hydrogens is 328 g/mol. The summed E-state index contributed by atoms with van der Waals surface area (Å²) in [6, 6.07) is 12.2. The molecule has 4 nitrogen and oxygen atoms in total. The fourth-order valence-electron chi connectivity index (χ4n) is 3.02. The lowest BCUT2D eigenvalue weighted by Gasteiger charge is -2.21. The van der Waals surface area contributed by atoms with E-state index in [1.165, 1.54) is 4.90 Å². The molecule has 2 aromatic carbocycles. The standard InChI is InChI=1S/C19H17F2NO3/c20-13-6-7-17(21)15(8-13)14-9-16(14)19(25)22(11-18(23)24)10-12-4-2-1-3-5-12/h1-8,14,16H,9-11H2,(H,23,24). The van der Waals surface area contributed by atoms with Crippen molar-refractivity contribution in [3.8, 4) is 0 Å². The van der Waals surface area contributed by atoms with Crippen molar-refractivity contribution in [1.82, 2.24) is 4.90 Å². The highest BCUT2D eigenvalue weighted by molar-refractivity contribution is 5.86. The van der Waals surface area contributed by atoms with Crippen LogP contribution in [0.5, 0.6) is 0 Å². The zero-order valence-corrected chi connectivity index (χ0v) is 13.4. The first-order valence-corrected chi connectivity index (χ1v) is 7.95. The van der Waals surface area contributed by atoms with E-state index in [1.54, 1.807) is 24.3 Å². The molecule has 6 heteroatoms. The van der Waals surface area contributed by atoms with E-state index in [0.717, 1.165) is 23.8 Å². The van der Waals surface area contributed by atoms with Crippen LogP contribution in [0, 0.1) is 17.6 Å². The van der Waals surface area contributed by atoms with Gasteiger partial charge in [0.05, 0.1) is 0 Å². The molecule has 2 atom stereocenters. The van der Waals surface area contributed by atoms with Gasteiger partial charge in [0, 0.05) is 12.5 Å². The van der Waals surface area contributed by atoms with Gasteiger partial charge in [-0.15, -0.1) is 0 Å². The van der Waals surface area contributed by atoms with Gasteiger partial charge in [-0.3, -0.25) is 9.59 Å². The third kappa shape index (κ3) is 4.02. The minimum absolute atomic E-state index is 0.167. The summed E-state index contributed by atoms with van der Waals surface area (Å²) in [5, 5.41) is 9.07. The largest absolute Gasteiger partial charge is 0.480 e. The Morgan fingerprint density at radius 1 is 1.12 bits per heavy atom. The Bertz CT molecular complexity index is 795. The van der Waals surface area contributed by atoms with Gasteiger partial charge in [0.25, 0.3) is 0 Å². The van der Waals surface area contributed by atoms with Gasteiger partial charge in [-0.25, -0.2) is 8.78 Å². The maximum absolute atomic E-state index is 13.9. The van der Waals surface area contributed by atoms with Crippen LogP contribution in [0.25, 0.3) is 0 Å². The van der Waals surface area contributed by atoms with Crippen LogP contribution in [0.4, 0.5) is 8.78 Å². The molecule has 130 valence electrons. The number of hydrogen-bond acceptors (Lipinski definition) is 2. The molecule has 0 heterocycles. The van der Waals surface area contributed by atoms with Crippen molar-refractivity contribution in [2.45, 2.75) is 18.9 Å². The molecule has 2 aromatic rings. The number of carbonyl (C=O) groups excluding carboxylic acids is 1. The molecule has 1 fully saturated rings. The number of benzene rings is 2. The number of carboxylic acids is 1. The summed E-state index contributed by atoms with van der Waals surface area (Å²) in [5.74, 6) is -3.48. The lowest BCUT2D eigenvalue weighted by molar-refractivity contribution is -0.145. The normalized spacial score (nSPS) is 18.6. The molecular formula is C19H17F2NO3. The van der Waals surface area contributed by atoms with Gasteiger partial charge in [-0.1, -0.05) is 30.3 Å². The summed E-state index contributed by atoms with van der Waals surface area (Å²) in [7, 11) is 0. The topological polar surface area (TPSA) is 57.6 Å². The first-order valence-electron chi connectivity index (χ1n) is 7.95. The van der Waals surface area contributed by atoms with Gasteiger partial charge in [-0.05, 0) is 41.7 Å². The Morgan fingerprint density at radius 3 is 2.52 bits per heavy atom. The summed E-state index contributed by atoms with van der Waals surface area (Å²) >= 11 is 0. The van der Waals surface area contributed by atoms with Crippen LogP contribution in [0.1, 0.15) is 23.5 Å². The van der Waals surface area contributed by atoms with E-state index in [0.29, 0.717) is 6.42 Å². The summed E-state index contributed by atoms with van der Waals surface area (Å²) in [6.45, 7) is -0.261. The van der Waals surface area contributed by atoms with Crippen LogP contribution in [-0.2, 0) is 16.1 Å². The molecule has 0 spiro atoms. The molecule has 1 amide bonds. The molecule has 2 unspecified atom stereocenters. The number of aliphatic carboxylic acids is 1. The van der Waals surface area contributed by atoms with Gasteiger partial charge in [0.1, 0.15) is 18.2 Å². The smallest absolute Gasteiger partial charge is 0.323 e. The number of rotatable bonds is 6. The number of nitrogens with zero attached hydrogens (tertiary/aromatic N) is 1. The average molecular weight is 345 g/mol. The first-order chi connectivity index (χ1) is 12.0. The van der Waals surface area contributed by atoms with Crippen LogP contribution >= 0.6 is 0 Å². The Labute approximate surface area is 143 Å². The van der Waals surface area contributed by atoms with Gasteiger partial charge < -0.3 is 10.0 Å². The fraction of sp³-hybridized carbons (Fsp3) is 0.263.